The monoisotopic (exact) mass is 447 g/mol. The summed E-state index contributed by atoms with van der Waals surface area (Å²) in [6.45, 7) is 3.72. The Bertz CT molecular complexity index is 1090. The molecule has 0 saturated heterocycles. The van der Waals surface area contributed by atoms with E-state index in [0.717, 1.165) is 42.9 Å². The van der Waals surface area contributed by atoms with Crippen LogP contribution in [0.5, 0.6) is 0 Å². The minimum Gasteiger partial charge on any atom is -0.308 e. The standard InChI is InChI=1S/C27H29N3O.ClH/c1-20-8-11-22(12-9-20)25-14-13-24(19-28-25)27(31)30-17-5-7-23-18-21(10-15-26(23)30)6-4-16-29(2)3;/h4,6,8-15,18-19H,5,7,16-17H2,1-3H3;1H. The lowest BCUT2D eigenvalue weighted by Crippen LogP contribution is -2.35. The number of hydrogen-bond donors (Lipinski definition) is 0. The van der Waals surface area contributed by atoms with Gasteiger partial charge in [0.15, 0.2) is 0 Å². The zero-order chi connectivity index (χ0) is 21.8. The molecule has 1 aromatic heterocycles. The van der Waals surface area contributed by atoms with Crippen LogP contribution in [0, 0.1) is 6.92 Å². The minimum absolute atomic E-state index is 0. The van der Waals surface area contributed by atoms with Crippen LogP contribution < -0.4 is 4.90 Å². The number of fused-ring (bicyclic) bond motifs is 1. The predicted molar refractivity (Wildman–Crippen MR) is 136 cm³/mol. The van der Waals surface area contributed by atoms with Crippen LogP contribution in [-0.2, 0) is 6.42 Å². The highest BCUT2D eigenvalue weighted by atomic mass is 35.5. The third-order valence-electron chi connectivity index (χ3n) is 5.61. The average molecular weight is 448 g/mol. The third kappa shape index (κ3) is 5.45. The van der Waals surface area contributed by atoms with Crippen LogP contribution in [-0.4, -0.2) is 43.0 Å². The van der Waals surface area contributed by atoms with Crippen LogP contribution in [0.3, 0.4) is 0 Å². The number of nitrogens with zero attached hydrogens (tertiary/aromatic N) is 3. The molecule has 0 bridgehead atoms. The topological polar surface area (TPSA) is 36.4 Å². The van der Waals surface area contributed by atoms with Gasteiger partial charge in [-0.2, -0.15) is 0 Å². The normalized spacial score (nSPS) is 13.2. The summed E-state index contributed by atoms with van der Waals surface area (Å²) in [6, 6.07) is 18.5. The van der Waals surface area contributed by atoms with E-state index in [9.17, 15) is 4.79 Å². The van der Waals surface area contributed by atoms with Crippen LogP contribution in [0.2, 0.25) is 0 Å². The Labute approximate surface area is 197 Å². The molecule has 3 aromatic rings. The second-order valence-electron chi connectivity index (χ2n) is 8.41. The van der Waals surface area contributed by atoms with Gasteiger partial charge in [-0.25, -0.2) is 0 Å². The summed E-state index contributed by atoms with van der Waals surface area (Å²) in [5, 5.41) is 0. The lowest BCUT2D eigenvalue weighted by molar-refractivity contribution is 0.0985. The summed E-state index contributed by atoms with van der Waals surface area (Å²) in [5.74, 6) is 0.0137. The molecule has 166 valence electrons. The fraction of sp³-hybridized carbons (Fsp3) is 0.259. The van der Waals surface area contributed by atoms with Gasteiger partial charge in [-0.3, -0.25) is 9.78 Å². The Balaban J connectivity index is 0.00000289. The predicted octanol–water partition coefficient (Wildman–Crippen LogP) is 5.65. The van der Waals surface area contributed by atoms with Crippen LogP contribution in [0.4, 0.5) is 5.69 Å². The molecule has 0 radical (unpaired) electrons. The van der Waals surface area contributed by atoms with E-state index in [4.69, 9.17) is 0 Å². The number of aromatic nitrogens is 1. The van der Waals surface area contributed by atoms with E-state index in [1.165, 1.54) is 16.7 Å². The smallest absolute Gasteiger partial charge is 0.259 e. The largest absolute Gasteiger partial charge is 0.308 e. The SMILES string of the molecule is Cc1ccc(-c2ccc(C(=O)N3CCCc4cc(C=CCN(C)C)ccc43)cn2)cc1.Cl. The van der Waals surface area contributed by atoms with Gasteiger partial charge in [-0.1, -0.05) is 48.0 Å². The molecule has 5 heteroatoms. The minimum atomic E-state index is 0. The maximum atomic E-state index is 13.3. The molecule has 4 rings (SSSR count). The van der Waals surface area contributed by atoms with Gasteiger partial charge in [0, 0.05) is 30.5 Å². The van der Waals surface area contributed by atoms with Gasteiger partial charge < -0.3 is 9.80 Å². The summed E-state index contributed by atoms with van der Waals surface area (Å²) in [5.41, 5.74) is 7.21. The maximum absolute atomic E-state index is 13.3. The van der Waals surface area contributed by atoms with E-state index in [2.05, 4.69) is 85.5 Å². The number of hydrogen-bond acceptors (Lipinski definition) is 3. The number of carbonyl (C=O) groups is 1. The Morgan fingerprint density at radius 1 is 1.09 bits per heavy atom. The van der Waals surface area contributed by atoms with Crippen molar-refractivity contribution in [2.45, 2.75) is 19.8 Å². The molecule has 0 saturated carbocycles. The highest BCUT2D eigenvalue weighted by Crippen LogP contribution is 2.30. The Kier molecular flexibility index (Phi) is 7.84. The number of benzene rings is 2. The average Bonchev–Trinajstić information content (AvgIpc) is 2.78. The van der Waals surface area contributed by atoms with Gasteiger partial charge in [0.25, 0.3) is 5.91 Å². The van der Waals surface area contributed by atoms with Gasteiger partial charge in [-0.05, 0) is 69.3 Å². The number of pyridine rings is 1. The van der Waals surface area contributed by atoms with E-state index in [0.29, 0.717) is 5.56 Å². The fourth-order valence-electron chi connectivity index (χ4n) is 3.90. The van der Waals surface area contributed by atoms with Crippen molar-refractivity contribution in [2.24, 2.45) is 0 Å². The summed E-state index contributed by atoms with van der Waals surface area (Å²) in [4.78, 5) is 21.8. The Hall–Kier alpha value is -2.95. The Morgan fingerprint density at radius 3 is 2.56 bits per heavy atom. The van der Waals surface area contributed by atoms with Gasteiger partial charge in [0.05, 0.1) is 11.3 Å². The van der Waals surface area contributed by atoms with Crippen molar-refractivity contribution in [1.29, 1.82) is 0 Å². The molecule has 1 aliphatic rings. The lowest BCUT2D eigenvalue weighted by Gasteiger charge is -2.30. The molecule has 0 atom stereocenters. The van der Waals surface area contributed by atoms with Crippen molar-refractivity contribution >= 4 is 30.1 Å². The summed E-state index contributed by atoms with van der Waals surface area (Å²) in [7, 11) is 4.12. The number of halogens is 1. The van der Waals surface area contributed by atoms with E-state index < -0.39 is 0 Å². The lowest BCUT2D eigenvalue weighted by atomic mass is 9.98. The van der Waals surface area contributed by atoms with Crippen molar-refractivity contribution in [3.63, 3.8) is 0 Å². The highest BCUT2D eigenvalue weighted by molar-refractivity contribution is 6.06. The first kappa shape index (κ1) is 23.7. The van der Waals surface area contributed by atoms with Crippen molar-refractivity contribution < 1.29 is 4.79 Å². The first-order chi connectivity index (χ1) is 15.0. The number of carbonyl (C=O) groups excluding carboxylic acids is 1. The van der Waals surface area contributed by atoms with Crippen molar-refractivity contribution in [3.05, 3.63) is 89.1 Å². The molecule has 4 nitrogen and oxygen atoms in total. The van der Waals surface area contributed by atoms with E-state index in [-0.39, 0.29) is 18.3 Å². The Morgan fingerprint density at radius 2 is 1.88 bits per heavy atom. The maximum Gasteiger partial charge on any atom is 0.259 e. The number of aryl methyl sites for hydroxylation is 2. The fourth-order valence-corrected chi connectivity index (χ4v) is 3.90. The molecule has 2 heterocycles. The highest BCUT2D eigenvalue weighted by Gasteiger charge is 2.24. The zero-order valence-electron chi connectivity index (χ0n) is 18.9. The van der Waals surface area contributed by atoms with Crippen LogP contribution in [0.15, 0.2) is 66.9 Å². The first-order valence-electron chi connectivity index (χ1n) is 10.8. The van der Waals surface area contributed by atoms with Crippen LogP contribution in [0.1, 0.15) is 33.5 Å². The zero-order valence-corrected chi connectivity index (χ0v) is 19.7. The molecule has 0 spiro atoms. The molecular weight excluding hydrogens is 418 g/mol. The molecule has 1 aliphatic heterocycles. The number of amides is 1. The van der Waals surface area contributed by atoms with Crippen molar-refractivity contribution in [3.8, 4) is 11.3 Å². The molecule has 0 aliphatic carbocycles. The van der Waals surface area contributed by atoms with Crippen molar-refractivity contribution in [1.82, 2.24) is 9.88 Å². The quantitative estimate of drug-likeness (QED) is 0.507. The van der Waals surface area contributed by atoms with Gasteiger partial charge >= 0.3 is 0 Å². The molecule has 32 heavy (non-hydrogen) atoms. The van der Waals surface area contributed by atoms with Gasteiger partial charge in [0.2, 0.25) is 0 Å². The van der Waals surface area contributed by atoms with E-state index >= 15 is 0 Å². The molecule has 0 unspecified atom stereocenters. The second kappa shape index (κ2) is 10.6. The first-order valence-corrected chi connectivity index (χ1v) is 10.8. The van der Waals surface area contributed by atoms with Crippen LogP contribution >= 0.6 is 12.4 Å². The van der Waals surface area contributed by atoms with Crippen molar-refractivity contribution in [2.75, 3.05) is 32.1 Å². The van der Waals surface area contributed by atoms with Gasteiger partial charge in [0.1, 0.15) is 0 Å². The number of likely N-dealkylation sites (N-methyl/N-ethyl adjacent to an activating group) is 1. The number of rotatable bonds is 5. The van der Waals surface area contributed by atoms with E-state index in [1.54, 1.807) is 6.20 Å². The summed E-state index contributed by atoms with van der Waals surface area (Å²) in [6.07, 6.45) is 7.98. The van der Waals surface area contributed by atoms with Crippen LogP contribution in [0.25, 0.3) is 17.3 Å². The molecule has 0 fully saturated rings. The summed E-state index contributed by atoms with van der Waals surface area (Å²) < 4.78 is 0. The molecular formula is C27H30ClN3O. The summed E-state index contributed by atoms with van der Waals surface area (Å²) >= 11 is 0. The molecule has 1 amide bonds. The number of anilines is 1. The molecule has 2 aromatic carbocycles. The van der Waals surface area contributed by atoms with Gasteiger partial charge in [-0.15, -0.1) is 12.4 Å². The second-order valence-corrected chi connectivity index (χ2v) is 8.41. The third-order valence-corrected chi connectivity index (χ3v) is 5.61. The molecule has 0 N–H and O–H groups in total. The van der Waals surface area contributed by atoms with E-state index in [1.807, 2.05) is 17.0 Å².